The maximum Gasteiger partial charge on any atom is 1.00 e. The van der Waals surface area contributed by atoms with Crippen LogP contribution in [-0.4, -0.2) is 169 Å². The van der Waals surface area contributed by atoms with E-state index in [2.05, 4.69) is 35.5 Å². The van der Waals surface area contributed by atoms with Crippen LogP contribution in [0.1, 0.15) is 20.6 Å². The second-order valence-electron chi connectivity index (χ2n) is 18.0. The van der Waals surface area contributed by atoms with E-state index in [1.165, 1.54) is 31.8 Å². The number of nitrogens with zero attached hydrogens (tertiary/aromatic N) is 4. The van der Waals surface area contributed by atoms with Crippen LogP contribution in [0.3, 0.4) is 0 Å². The van der Waals surface area contributed by atoms with E-state index in [4.69, 9.17) is 29.5 Å². The summed E-state index contributed by atoms with van der Waals surface area (Å²) in [6, 6.07) is 2.17. The second kappa shape index (κ2) is 37.0. The van der Waals surface area contributed by atoms with Gasteiger partial charge in [0.25, 0.3) is 0 Å². The number of aliphatic hydroxyl groups is 1. The molecule has 0 radical (unpaired) electrons. The van der Waals surface area contributed by atoms with Gasteiger partial charge in [-0.3, -0.25) is 19.3 Å². The van der Waals surface area contributed by atoms with Crippen LogP contribution in [0.15, 0.2) is 55.0 Å². The number of anilines is 6. The van der Waals surface area contributed by atoms with Crippen LogP contribution in [0.25, 0.3) is 0 Å². The number of hydrogen-bond donors (Lipinski definition) is 6. The number of epoxide rings is 1. The van der Waals surface area contributed by atoms with Crippen molar-refractivity contribution in [1.29, 1.82) is 0 Å². The van der Waals surface area contributed by atoms with Gasteiger partial charge in [0.05, 0.1) is 70.3 Å². The standard InChI is InChI=1S/C17H16F3N3O5.C16H18F3N3O4.C11H9F3N2O.C5H9NO3.CHF3O3S.CH3I.Li/c1-27-16(25)21-7-10-8-23(17(26)28-10)12-6-11(18)15(14(20)13(12)19)22-4-2-9(24)3-5-22;1-26-16(25)21-8-10(24)7-20-12-6-11(17)15(14(19)13(12)18)22-4-2-9(23)3-5-22;12-7-5-8(15)9(13)10(14)11(7)16-3-1-6(17)2-4-16;1-8-5(7)6-2-4-3-9-4;2-1(3,4)8(5,6)7;1-2;/h2,4,6,10H,3,5,7-8H2,1H3,(H,21,25);2,4,6,10,20,24H,3,5,7-8H2,1H3,(H,21,25);1,3,5H,2,4,15H2;4H,2-3H2,1H3,(H,6,7);(H,5,6,7);1H3;/q;;;;;;+1/p-1/t2*10-;;4-;;;/m01.0.../s1/i;;;;;1D;. The number of methoxy groups -OCH3 is 3. The number of cyclic esters (lactones) is 1. The van der Waals surface area contributed by atoms with Crippen LogP contribution in [-0.2, 0) is 48.2 Å². The molecule has 2 saturated heterocycles. The SMILES string of the molecule is COC(=O)NC[C@H](O)CNc1cc(F)c(N2C=CC(=O)CC2)c(F)c1F.COC(=O)NC[C@H]1CN(c2cc(F)c(N3C=CC(=O)CC3)c(F)c2F)C(=O)O1.COC(=O)NC[C@H]1CO1.Nc1cc(F)c(N2C=CC(=O)CC2)c(F)c1F.O=S(=O)([O-])C(F)(F)F.[2H]CI.[Li+]. The van der Waals surface area contributed by atoms with Crippen LogP contribution >= 0.6 is 22.6 Å². The number of nitrogen functional groups attached to an aromatic ring is 1. The third-order valence-corrected chi connectivity index (χ3v) is 12.3. The number of alkyl carbamates (subject to hydrolysis) is 3. The van der Waals surface area contributed by atoms with Gasteiger partial charge < -0.3 is 75.0 Å². The van der Waals surface area contributed by atoms with Crippen molar-refractivity contribution in [2.24, 2.45) is 0 Å². The minimum atomic E-state index is -6.09. The number of carbonyl (C=O) groups is 7. The molecule has 0 unspecified atom stereocenters. The third kappa shape index (κ3) is 24.1. The molecule has 5 aliphatic rings. The van der Waals surface area contributed by atoms with Crippen molar-refractivity contribution in [3.8, 4) is 0 Å². The van der Waals surface area contributed by atoms with E-state index < -0.39 is 139 Å². The molecule has 3 aromatic rings. The molecule has 0 bridgehead atoms. The monoisotopic (exact) mass is 1440 g/mol. The fourth-order valence-corrected chi connectivity index (χ4v) is 7.24. The van der Waals surface area contributed by atoms with Crippen LogP contribution in [0.4, 0.5) is 106 Å². The van der Waals surface area contributed by atoms with Crippen molar-refractivity contribution in [2.45, 2.75) is 43.1 Å². The molecule has 5 aliphatic heterocycles. The summed E-state index contributed by atoms with van der Waals surface area (Å²) < 4.78 is 215. The zero-order valence-electron chi connectivity index (χ0n) is 48.9. The van der Waals surface area contributed by atoms with Crippen molar-refractivity contribution in [1.82, 2.24) is 16.0 Å². The molecule has 0 aromatic heterocycles. The predicted octanol–water partition coefficient (Wildman–Crippen LogP) is 3.43. The molecule has 91 heavy (non-hydrogen) atoms. The zero-order valence-corrected chi connectivity index (χ0v) is 50.9. The molecule has 7 N–H and O–H groups in total. The van der Waals surface area contributed by atoms with E-state index in [0.717, 1.165) is 64.7 Å². The number of ether oxygens (including phenoxy) is 5. The van der Waals surface area contributed by atoms with E-state index >= 15 is 0 Å². The topological polar surface area (TPSA) is 333 Å². The number of ketones is 3. The van der Waals surface area contributed by atoms with Crippen molar-refractivity contribution < 1.29 is 148 Å². The van der Waals surface area contributed by atoms with Gasteiger partial charge >= 0.3 is 48.7 Å². The van der Waals surface area contributed by atoms with Crippen LogP contribution in [0.5, 0.6) is 0 Å². The molecule has 25 nitrogen and oxygen atoms in total. The molecule has 0 aliphatic carbocycles. The molecule has 40 heteroatoms. The van der Waals surface area contributed by atoms with Gasteiger partial charge in [-0.25, -0.2) is 67.1 Å². The minimum absolute atomic E-state index is 0. The number of alkyl halides is 4. The number of benzene rings is 3. The Balaban J connectivity index is 0.000000413. The van der Waals surface area contributed by atoms with Gasteiger partial charge in [0.15, 0.2) is 79.8 Å². The Morgan fingerprint density at radius 2 is 1.08 bits per heavy atom. The van der Waals surface area contributed by atoms with Crippen LogP contribution in [0.2, 0.25) is 0 Å². The molecular weight excluding hydrogens is 1390 g/mol. The summed E-state index contributed by atoms with van der Waals surface area (Å²) in [4.78, 5) is 82.2. The number of halogens is 13. The number of hydrogen-bond acceptors (Lipinski definition) is 21. The largest absolute Gasteiger partial charge is 1.00 e. The number of nitrogens with one attached hydrogen (secondary N) is 4. The molecule has 8 rings (SSSR count). The van der Waals surface area contributed by atoms with E-state index in [1.54, 1.807) is 0 Å². The van der Waals surface area contributed by atoms with Gasteiger partial charge in [-0.15, -0.1) is 0 Å². The van der Waals surface area contributed by atoms with Gasteiger partial charge in [-0.2, -0.15) is 13.2 Å². The molecular formula is C51H55F12ILiN9O16S. The van der Waals surface area contributed by atoms with E-state index in [-0.39, 0.29) is 107 Å². The summed E-state index contributed by atoms with van der Waals surface area (Å²) in [7, 11) is -2.45. The minimum Gasteiger partial charge on any atom is -0.741 e. The zero-order chi connectivity index (χ0) is 68.7. The smallest absolute Gasteiger partial charge is 0.741 e. The Morgan fingerprint density at radius 1 is 0.692 bits per heavy atom. The fraction of sp³-hybridized carbons (Fsp3) is 0.392. The Hall–Kier alpha value is -7.71. The Kier molecular flexibility index (Phi) is 31.5. The van der Waals surface area contributed by atoms with Crippen molar-refractivity contribution >= 4 is 109 Å². The number of rotatable bonds is 13. The molecule has 0 spiro atoms. The molecule has 4 amide bonds. The van der Waals surface area contributed by atoms with Gasteiger partial charge in [-0.1, -0.05) is 22.6 Å². The van der Waals surface area contributed by atoms with Crippen LogP contribution in [0, 0.1) is 52.4 Å². The van der Waals surface area contributed by atoms with Gasteiger partial charge in [0.1, 0.15) is 23.2 Å². The normalized spacial score (nSPS) is 16.7. The first-order chi connectivity index (χ1) is 42.6. The summed E-state index contributed by atoms with van der Waals surface area (Å²) >= 11 is 1.96. The van der Waals surface area contributed by atoms with Crippen molar-refractivity contribution in [3.05, 3.63) is 107 Å². The fourth-order valence-electron chi connectivity index (χ4n) is 7.24. The first-order valence-electron chi connectivity index (χ1n) is 25.9. The van der Waals surface area contributed by atoms with Crippen molar-refractivity contribution in [3.63, 3.8) is 0 Å². The van der Waals surface area contributed by atoms with Gasteiger partial charge in [0.2, 0.25) is 0 Å². The Morgan fingerprint density at radius 3 is 1.47 bits per heavy atom. The molecule has 498 valence electrons. The average molecular weight is 1440 g/mol. The Labute approximate surface area is 536 Å². The second-order valence-corrected chi connectivity index (χ2v) is 19.3. The first-order valence-corrected chi connectivity index (χ1v) is 28.1. The van der Waals surface area contributed by atoms with E-state index in [9.17, 15) is 91.4 Å². The Bertz CT molecular complexity index is 3330. The summed E-state index contributed by atoms with van der Waals surface area (Å²) in [5.41, 5.74) is -4.00. The number of nitrogens with two attached hydrogens (primary N) is 1. The summed E-state index contributed by atoms with van der Waals surface area (Å²) in [6.45, 7) is 0.641. The molecule has 3 atom stereocenters. The maximum atomic E-state index is 14.6. The predicted molar refractivity (Wildman–Crippen MR) is 300 cm³/mol. The number of aliphatic hydroxyl groups excluding tert-OH is 1. The summed E-state index contributed by atoms with van der Waals surface area (Å²) in [6.07, 6.45) is 2.63. The van der Waals surface area contributed by atoms with Crippen LogP contribution < -0.4 is 65.5 Å². The maximum absolute atomic E-state index is 14.6. The van der Waals surface area contributed by atoms with E-state index in [1.807, 2.05) is 22.6 Å². The average Bonchev–Trinajstić information content (AvgIpc) is 1.60. The van der Waals surface area contributed by atoms with Gasteiger partial charge in [-0.05, 0) is 23.1 Å². The molecule has 3 aromatic carbocycles. The van der Waals surface area contributed by atoms with E-state index in [0.29, 0.717) is 17.5 Å². The molecule has 2 fully saturated rings. The van der Waals surface area contributed by atoms with Crippen molar-refractivity contribution in [2.75, 3.05) is 116 Å². The summed E-state index contributed by atoms with van der Waals surface area (Å²) in [5.74, 6) is -11.9. The first kappa shape index (κ1) is 77.5. The summed E-state index contributed by atoms with van der Waals surface area (Å²) in [5, 5.41) is 19.1. The molecule has 0 saturated carbocycles. The van der Waals surface area contributed by atoms with Gasteiger partial charge in [0, 0.05) is 96.7 Å². The number of carbonyl (C=O) groups excluding carboxylic acids is 7. The number of allylic oxidation sites excluding steroid dienone is 3. The third-order valence-electron chi connectivity index (χ3n) is 11.8. The quantitative estimate of drug-likeness (QED) is 0.0136. The molecule has 5 heterocycles. The number of amides is 4.